The van der Waals surface area contributed by atoms with Crippen LogP contribution in [0, 0.1) is 41.5 Å². The van der Waals surface area contributed by atoms with Crippen LogP contribution in [0.1, 0.15) is 95.5 Å². The SMILES string of the molecule is Cc1cc(O)ccc1C(=O)Oc1cc2c3cc(OC(=O)c4ccc(O)cc4C)c(OC(=O)c4ccc(O)cc4C)cc3c3cc(OC(=O)c4ccc(O)cc4C)c(OC(=O)c4ccc(O)cc4C)cc3c2cc1OC(=O)c1ccc(O)cc1C. The number of aromatic hydroxyl groups is 6. The molecule has 0 atom stereocenters. The van der Waals surface area contributed by atoms with Crippen molar-refractivity contribution in [1.29, 1.82) is 0 Å². The van der Waals surface area contributed by atoms with Gasteiger partial charge in [-0.2, -0.15) is 0 Å². The van der Waals surface area contributed by atoms with E-state index in [2.05, 4.69) is 0 Å². The Morgan fingerprint density at radius 2 is 0.357 bits per heavy atom. The van der Waals surface area contributed by atoms with E-state index in [-0.39, 0.29) is 135 Å². The number of ether oxygens (including phenoxy) is 6. The number of carbonyl (C=O) groups is 6. The molecular weight excluding hydrogens is 1080 g/mol. The highest BCUT2D eigenvalue weighted by molar-refractivity contribution is 6.27. The van der Waals surface area contributed by atoms with Gasteiger partial charge in [0.15, 0.2) is 34.5 Å². The third-order valence-electron chi connectivity index (χ3n) is 13.9. The Balaban J connectivity index is 1.29. The second-order valence-corrected chi connectivity index (χ2v) is 19.9. The Kier molecular flexibility index (Phi) is 14.8. The lowest BCUT2D eigenvalue weighted by molar-refractivity contribution is 0.0681. The van der Waals surface area contributed by atoms with Crippen LogP contribution in [0.4, 0.5) is 0 Å². The van der Waals surface area contributed by atoms with Gasteiger partial charge in [0.05, 0.1) is 33.4 Å². The summed E-state index contributed by atoms with van der Waals surface area (Å²) in [5.74, 6) is -8.68. The minimum Gasteiger partial charge on any atom is -0.508 e. The zero-order valence-corrected chi connectivity index (χ0v) is 45.4. The van der Waals surface area contributed by atoms with Crippen LogP contribution in [0.3, 0.4) is 0 Å². The Labute approximate surface area is 477 Å². The van der Waals surface area contributed by atoms with Crippen molar-refractivity contribution in [2.24, 2.45) is 0 Å². The third kappa shape index (κ3) is 11.2. The number of phenolic OH excluding ortho intramolecular Hbond substituents is 6. The van der Waals surface area contributed by atoms with Crippen LogP contribution in [-0.4, -0.2) is 66.5 Å². The fraction of sp³-hybridized carbons (Fsp3) is 0.0909. The third-order valence-corrected chi connectivity index (χ3v) is 13.9. The van der Waals surface area contributed by atoms with E-state index in [9.17, 15) is 59.4 Å². The molecule has 0 aliphatic carbocycles. The predicted octanol–water partition coefficient (Wildman–Crippen LogP) is 12.5. The summed E-state index contributed by atoms with van der Waals surface area (Å²) in [7, 11) is 0. The van der Waals surface area contributed by atoms with E-state index in [4.69, 9.17) is 28.4 Å². The maximum atomic E-state index is 14.3. The van der Waals surface area contributed by atoms with Crippen molar-refractivity contribution >= 4 is 68.1 Å². The van der Waals surface area contributed by atoms with Crippen molar-refractivity contribution in [3.63, 3.8) is 0 Å². The highest BCUT2D eigenvalue weighted by Crippen LogP contribution is 2.48. The molecule has 10 aromatic carbocycles. The lowest BCUT2D eigenvalue weighted by Crippen LogP contribution is -2.15. The second-order valence-electron chi connectivity index (χ2n) is 19.9. The molecule has 0 aromatic heterocycles. The molecule has 84 heavy (non-hydrogen) atoms. The molecule has 0 heterocycles. The van der Waals surface area contributed by atoms with E-state index in [1.165, 1.54) is 146 Å². The standard InChI is InChI=1S/C66H48O18/c1-31-19-37(67)7-13-43(31)61(73)79-55-25-49-50(26-56(55)80-62(74)44-14-8-38(68)20-32(44)2)52-28-58(82-64(76)46-16-10-40(70)22-34(46)4)60(84-66(78)48-18-12-42(72)24-36(48)6)30-54(52)53-29-59(83-65(77)47-17-11-41(71)23-35(47)5)57(27-51(49)53)81-63(75)45-15-9-39(69)21-33(45)3/h7-30,67-72H,1-6H3. The normalized spacial score (nSPS) is 11.1. The molecule has 18 heteroatoms. The highest BCUT2D eigenvalue weighted by atomic mass is 16.6. The maximum absolute atomic E-state index is 14.3. The van der Waals surface area contributed by atoms with Crippen LogP contribution in [0.5, 0.6) is 69.0 Å². The van der Waals surface area contributed by atoms with Gasteiger partial charge < -0.3 is 59.1 Å². The van der Waals surface area contributed by atoms with Crippen LogP contribution in [0.25, 0.3) is 32.3 Å². The fourth-order valence-electron chi connectivity index (χ4n) is 9.69. The number of carbonyl (C=O) groups excluding carboxylic acids is 6. The summed E-state index contributed by atoms with van der Waals surface area (Å²) in [6.45, 7) is 9.37. The number of phenols is 6. The number of hydrogen-bond acceptors (Lipinski definition) is 18. The summed E-state index contributed by atoms with van der Waals surface area (Å²) in [6, 6.07) is 31.8. The summed E-state index contributed by atoms with van der Waals surface area (Å²) < 4.78 is 36.6. The van der Waals surface area contributed by atoms with Crippen molar-refractivity contribution in [3.05, 3.63) is 212 Å². The van der Waals surface area contributed by atoms with E-state index in [1.807, 2.05) is 0 Å². The van der Waals surface area contributed by atoms with Gasteiger partial charge in [-0.05, 0) is 253 Å². The van der Waals surface area contributed by atoms with E-state index in [1.54, 1.807) is 41.5 Å². The largest absolute Gasteiger partial charge is 0.508 e. The van der Waals surface area contributed by atoms with Crippen LogP contribution in [0.15, 0.2) is 146 Å². The number of benzene rings is 10. The zero-order valence-electron chi connectivity index (χ0n) is 45.4. The first-order valence-corrected chi connectivity index (χ1v) is 25.7. The molecule has 0 saturated carbocycles. The zero-order chi connectivity index (χ0) is 60.0. The molecule has 0 fully saturated rings. The maximum Gasteiger partial charge on any atom is 0.343 e. The van der Waals surface area contributed by atoms with Gasteiger partial charge in [0.1, 0.15) is 34.5 Å². The molecule has 0 amide bonds. The number of aryl methyl sites for hydroxylation is 6. The van der Waals surface area contributed by atoms with Crippen LogP contribution in [-0.2, 0) is 0 Å². The molecule has 0 radical (unpaired) electrons. The molecule has 0 unspecified atom stereocenters. The first-order valence-electron chi connectivity index (χ1n) is 25.7. The van der Waals surface area contributed by atoms with Gasteiger partial charge in [0, 0.05) is 0 Å². The van der Waals surface area contributed by atoms with E-state index in [0.29, 0.717) is 33.4 Å². The smallest absolute Gasteiger partial charge is 0.343 e. The Morgan fingerprint density at radius 1 is 0.226 bits per heavy atom. The minimum absolute atomic E-state index is 0.0110. The van der Waals surface area contributed by atoms with E-state index < -0.39 is 35.8 Å². The average Bonchev–Trinajstić information content (AvgIpc) is 2.56. The van der Waals surface area contributed by atoms with Crippen molar-refractivity contribution in [1.82, 2.24) is 0 Å². The van der Waals surface area contributed by atoms with Gasteiger partial charge >= 0.3 is 35.8 Å². The lowest BCUT2D eigenvalue weighted by atomic mass is 9.93. The molecule has 0 spiro atoms. The number of esters is 6. The molecule has 0 saturated heterocycles. The Hall–Kier alpha value is -11.4. The predicted molar refractivity (Wildman–Crippen MR) is 306 cm³/mol. The molecular formula is C66H48O18. The molecule has 0 bridgehead atoms. The first-order chi connectivity index (χ1) is 40.0. The highest BCUT2D eigenvalue weighted by Gasteiger charge is 2.28. The van der Waals surface area contributed by atoms with Gasteiger partial charge in [0.25, 0.3) is 0 Å². The average molecular weight is 1130 g/mol. The molecule has 6 N–H and O–H groups in total. The molecule has 420 valence electrons. The fourth-order valence-corrected chi connectivity index (χ4v) is 9.69. The van der Waals surface area contributed by atoms with Crippen molar-refractivity contribution < 1.29 is 87.8 Å². The number of hydrogen-bond donors (Lipinski definition) is 6. The summed E-state index contributed by atoms with van der Waals surface area (Å²) in [6.07, 6.45) is 0. The summed E-state index contributed by atoms with van der Waals surface area (Å²) in [4.78, 5) is 85.6. The van der Waals surface area contributed by atoms with Gasteiger partial charge in [-0.1, -0.05) is 0 Å². The molecule has 0 aliphatic heterocycles. The summed E-state index contributed by atoms with van der Waals surface area (Å²) in [5, 5.41) is 62.3. The Bertz CT molecular complexity index is 3720. The van der Waals surface area contributed by atoms with Crippen LogP contribution in [0.2, 0.25) is 0 Å². The van der Waals surface area contributed by atoms with E-state index in [0.717, 1.165) is 0 Å². The van der Waals surface area contributed by atoms with Gasteiger partial charge in [-0.3, -0.25) is 0 Å². The van der Waals surface area contributed by atoms with Crippen molar-refractivity contribution in [2.45, 2.75) is 41.5 Å². The quantitative estimate of drug-likeness (QED) is 0.0377. The second kappa shape index (κ2) is 22.3. The van der Waals surface area contributed by atoms with E-state index >= 15 is 0 Å². The van der Waals surface area contributed by atoms with Crippen molar-refractivity contribution in [2.75, 3.05) is 0 Å². The molecule has 18 nitrogen and oxygen atoms in total. The lowest BCUT2D eigenvalue weighted by Gasteiger charge is -2.20. The monoisotopic (exact) mass is 1130 g/mol. The topological polar surface area (TPSA) is 279 Å². The van der Waals surface area contributed by atoms with Crippen LogP contribution < -0.4 is 28.4 Å². The minimum atomic E-state index is -0.957. The molecule has 10 rings (SSSR count). The van der Waals surface area contributed by atoms with Gasteiger partial charge in [-0.15, -0.1) is 0 Å². The van der Waals surface area contributed by atoms with Gasteiger partial charge in [0.2, 0.25) is 0 Å². The molecule has 10 aromatic rings. The number of fused-ring (bicyclic) bond motifs is 6. The summed E-state index contributed by atoms with van der Waals surface area (Å²) in [5.41, 5.74) is 1.97. The Morgan fingerprint density at radius 3 is 0.476 bits per heavy atom. The summed E-state index contributed by atoms with van der Waals surface area (Å²) >= 11 is 0. The molecule has 0 aliphatic rings. The van der Waals surface area contributed by atoms with Crippen LogP contribution >= 0.6 is 0 Å². The number of rotatable bonds is 12. The van der Waals surface area contributed by atoms with Crippen molar-refractivity contribution in [3.8, 4) is 69.0 Å². The van der Waals surface area contributed by atoms with Gasteiger partial charge in [-0.25, -0.2) is 28.8 Å². The first kappa shape index (κ1) is 55.9.